The molecule has 2 rings (SSSR count). The maximum atomic E-state index is 12.7. The predicted octanol–water partition coefficient (Wildman–Crippen LogP) is 4.14. The van der Waals surface area contributed by atoms with E-state index in [0.29, 0.717) is 5.57 Å². The first kappa shape index (κ1) is 23.9. The molecular formula is C21H29ClO6S. The van der Waals surface area contributed by atoms with Crippen molar-refractivity contribution in [2.75, 3.05) is 6.61 Å². The number of hydrogen-bond donors (Lipinski definition) is 0. The van der Waals surface area contributed by atoms with Gasteiger partial charge in [-0.2, -0.15) is 8.42 Å². The van der Waals surface area contributed by atoms with Crippen LogP contribution in [0, 0.1) is 6.92 Å². The lowest BCUT2D eigenvalue weighted by atomic mass is 9.94. The summed E-state index contributed by atoms with van der Waals surface area (Å²) in [6.45, 7) is 7.77. The highest BCUT2D eigenvalue weighted by Crippen LogP contribution is 2.32. The number of hydrogen-bond acceptors (Lipinski definition) is 6. The Morgan fingerprint density at radius 3 is 2.34 bits per heavy atom. The highest BCUT2D eigenvalue weighted by molar-refractivity contribution is 7.86. The number of alkyl halides is 1. The quantitative estimate of drug-likeness (QED) is 0.323. The first-order valence-electron chi connectivity index (χ1n) is 9.89. The summed E-state index contributed by atoms with van der Waals surface area (Å²) in [7, 11) is -4.05. The lowest BCUT2D eigenvalue weighted by molar-refractivity contribution is -0.139. The number of rotatable bonds is 9. The van der Waals surface area contributed by atoms with Crippen molar-refractivity contribution < 1.29 is 26.9 Å². The van der Waals surface area contributed by atoms with E-state index in [9.17, 15) is 13.2 Å². The summed E-state index contributed by atoms with van der Waals surface area (Å²) in [5.74, 6) is -0.518. The zero-order valence-electron chi connectivity index (χ0n) is 17.3. The van der Waals surface area contributed by atoms with Crippen molar-refractivity contribution in [3.05, 3.63) is 41.5 Å². The van der Waals surface area contributed by atoms with Crippen LogP contribution in [0.2, 0.25) is 0 Å². The van der Waals surface area contributed by atoms with Crippen molar-refractivity contribution >= 4 is 27.7 Å². The monoisotopic (exact) mass is 444 g/mol. The Bertz CT molecular complexity index is 814. The van der Waals surface area contributed by atoms with Crippen LogP contribution in [0.15, 0.2) is 40.8 Å². The molecule has 0 aromatic heterocycles. The fourth-order valence-corrected chi connectivity index (χ4v) is 4.53. The van der Waals surface area contributed by atoms with E-state index in [0.717, 1.165) is 18.4 Å². The average molecular weight is 445 g/mol. The minimum absolute atomic E-state index is 0.0286. The number of aryl methyl sites for hydroxylation is 1. The molecular weight excluding hydrogens is 416 g/mol. The van der Waals surface area contributed by atoms with Crippen molar-refractivity contribution in [3.63, 3.8) is 0 Å². The first-order chi connectivity index (χ1) is 13.7. The molecule has 0 saturated heterocycles. The Hall–Kier alpha value is -1.41. The molecule has 1 aromatic rings. The van der Waals surface area contributed by atoms with Crippen LogP contribution in [0.3, 0.4) is 0 Å². The van der Waals surface area contributed by atoms with Crippen molar-refractivity contribution in [3.8, 4) is 0 Å². The van der Waals surface area contributed by atoms with E-state index in [4.69, 9.17) is 25.3 Å². The molecule has 0 amide bonds. The summed E-state index contributed by atoms with van der Waals surface area (Å²) in [5, 5.41) is -0.769. The summed E-state index contributed by atoms with van der Waals surface area (Å²) in [6.07, 6.45) is 1.53. The van der Waals surface area contributed by atoms with E-state index in [-0.39, 0.29) is 24.0 Å². The minimum atomic E-state index is -4.05. The van der Waals surface area contributed by atoms with Gasteiger partial charge in [-0.3, -0.25) is 4.18 Å². The summed E-state index contributed by atoms with van der Waals surface area (Å²) < 4.78 is 42.1. The third-order valence-electron chi connectivity index (χ3n) is 4.81. The van der Waals surface area contributed by atoms with Gasteiger partial charge in [0.2, 0.25) is 0 Å². The molecule has 162 valence electrons. The molecule has 0 radical (unpaired) electrons. The fourth-order valence-electron chi connectivity index (χ4n) is 3.10. The van der Waals surface area contributed by atoms with E-state index in [1.807, 2.05) is 20.8 Å². The average Bonchev–Trinajstić information content (AvgIpc) is 2.68. The summed E-state index contributed by atoms with van der Waals surface area (Å²) in [4.78, 5) is 12.3. The van der Waals surface area contributed by atoms with E-state index in [1.165, 1.54) is 12.1 Å². The van der Waals surface area contributed by atoms with Crippen LogP contribution in [0.25, 0.3) is 0 Å². The standard InChI is InChI=1S/C21H29ClO6S/c1-5-16(6-2)27-18-12-15(21(23)26-7-3)13-19(20(18)22)28-29(24,25)17-10-8-14(4)9-11-17/h8-12,16,18-20H,5-7,13H2,1-4H3/t18-,19+,20+/m1/s1. The van der Waals surface area contributed by atoms with E-state index in [1.54, 1.807) is 25.1 Å². The molecule has 8 heteroatoms. The smallest absolute Gasteiger partial charge is 0.333 e. The van der Waals surface area contributed by atoms with E-state index in [2.05, 4.69) is 0 Å². The van der Waals surface area contributed by atoms with Crippen LogP contribution < -0.4 is 0 Å². The van der Waals surface area contributed by atoms with Gasteiger partial charge in [0.05, 0.1) is 29.1 Å². The Morgan fingerprint density at radius 2 is 1.79 bits per heavy atom. The molecule has 3 atom stereocenters. The highest BCUT2D eigenvalue weighted by Gasteiger charge is 2.39. The zero-order chi connectivity index (χ0) is 21.6. The van der Waals surface area contributed by atoms with Crippen LogP contribution in [-0.2, 0) is 28.6 Å². The third kappa shape index (κ3) is 6.28. The molecule has 0 unspecified atom stereocenters. The number of benzene rings is 1. The summed E-state index contributed by atoms with van der Waals surface area (Å²) in [5.41, 5.74) is 1.24. The van der Waals surface area contributed by atoms with Crippen molar-refractivity contribution in [2.45, 2.75) is 75.5 Å². The molecule has 0 bridgehead atoms. The summed E-state index contributed by atoms with van der Waals surface area (Å²) >= 11 is 6.56. The van der Waals surface area contributed by atoms with Crippen molar-refractivity contribution in [1.29, 1.82) is 0 Å². The predicted molar refractivity (Wildman–Crippen MR) is 111 cm³/mol. The zero-order valence-corrected chi connectivity index (χ0v) is 18.8. The molecule has 29 heavy (non-hydrogen) atoms. The fraction of sp³-hybridized carbons (Fsp3) is 0.571. The Kier molecular flexibility index (Phi) is 8.70. The van der Waals surface area contributed by atoms with Crippen molar-refractivity contribution in [2.24, 2.45) is 0 Å². The molecule has 0 fully saturated rings. The summed E-state index contributed by atoms with van der Waals surface area (Å²) in [6, 6.07) is 6.35. The van der Waals surface area contributed by atoms with Crippen LogP contribution in [-0.4, -0.2) is 44.7 Å². The number of ether oxygens (including phenoxy) is 2. The second-order valence-electron chi connectivity index (χ2n) is 7.00. The highest BCUT2D eigenvalue weighted by atomic mass is 35.5. The van der Waals surface area contributed by atoms with Gasteiger partial charge in [-0.1, -0.05) is 31.5 Å². The van der Waals surface area contributed by atoms with E-state index < -0.39 is 33.7 Å². The molecule has 0 aliphatic heterocycles. The Morgan fingerprint density at radius 1 is 1.17 bits per heavy atom. The molecule has 1 aromatic carbocycles. The number of carbonyl (C=O) groups excluding carboxylic acids is 1. The largest absolute Gasteiger partial charge is 0.463 e. The normalized spacial score (nSPS) is 22.4. The van der Waals surface area contributed by atoms with Gasteiger partial charge in [0, 0.05) is 12.0 Å². The van der Waals surface area contributed by atoms with Gasteiger partial charge in [0.25, 0.3) is 10.1 Å². The molecule has 0 heterocycles. The van der Waals surface area contributed by atoms with Gasteiger partial charge < -0.3 is 9.47 Å². The number of halogens is 1. The van der Waals surface area contributed by atoms with Crippen LogP contribution in [0.5, 0.6) is 0 Å². The molecule has 0 saturated carbocycles. The molecule has 1 aliphatic rings. The van der Waals surface area contributed by atoms with Crippen LogP contribution >= 0.6 is 11.6 Å². The molecule has 1 aliphatic carbocycles. The van der Waals surface area contributed by atoms with Crippen LogP contribution in [0.1, 0.15) is 45.6 Å². The number of carbonyl (C=O) groups is 1. The van der Waals surface area contributed by atoms with E-state index >= 15 is 0 Å². The first-order valence-corrected chi connectivity index (χ1v) is 11.7. The minimum Gasteiger partial charge on any atom is -0.463 e. The SMILES string of the molecule is CCOC(=O)C1=C[C@@H](OC(CC)CC)[C@H](Cl)[C@@H](OS(=O)(=O)c2ccc(C)cc2)C1. The van der Waals surface area contributed by atoms with Crippen molar-refractivity contribution in [1.82, 2.24) is 0 Å². The molecule has 6 nitrogen and oxygen atoms in total. The topological polar surface area (TPSA) is 78.9 Å². The Labute approximate surface area is 178 Å². The van der Waals surface area contributed by atoms with Gasteiger partial charge in [0.1, 0.15) is 6.10 Å². The lowest BCUT2D eigenvalue weighted by Gasteiger charge is -2.34. The molecule has 0 spiro atoms. The second kappa shape index (κ2) is 10.6. The lowest BCUT2D eigenvalue weighted by Crippen LogP contribution is -2.43. The van der Waals surface area contributed by atoms with Gasteiger partial charge >= 0.3 is 5.97 Å². The number of esters is 1. The molecule has 0 N–H and O–H groups in total. The van der Waals surface area contributed by atoms with Gasteiger partial charge in [-0.15, -0.1) is 11.6 Å². The third-order valence-corrected chi connectivity index (χ3v) is 6.69. The van der Waals surface area contributed by atoms with Gasteiger partial charge in [-0.05, 0) is 44.9 Å². The maximum Gasteiger partial charge on any atom is 0.333 e. The maximum absolute atomic E-state index is 12.7. The van der Waals surface area contributed by atoms with Gasteiger partial charge in [-0.25, -0.2) is 4.79 Å². The second-order valence-corrected chi connectivity index (χ2v) is 9.08. The van der Waals surface area contributed by atoms with Gasteiger partial charge in [0.15, 0.2) is 0 Å². The Balaban J connectivity index is 2.29. The van der Waals surface area contributed by atoms with Crippen LogP contribution in [0.4, 0.5) is 0 Å².